The van der Waals surface area contributed by atoms with Crippen molar-refractivity contribution in [3.8, 4) is 0 Å². The van der Waals surface area contributed by atoms with Gasteiger partial charge in [-0.3, -0.25) is 9.59 Å². The van der Waals surface area contributed by atoms with Gasteiger partial charge in [-0.25, -0.2) is 4.79 Å². The number of likely N-dealkylation sites (tertiary alicyclic amines) is 1. The zero-order valence-electron chi connectivity index (χ0n) is 20.7. The molecule has 0 unspecified atom stereocenters. The molecule has 1 fully saturated rings. The summed E-state index contributed by atoms with van der Waals surface area (Å²) in [6.07, 6.45) is 5.47. The number of aryl methyl sites for hydroxylation is 1. The number of nitrogens with one attached hydrogen (secondary N) is 1. The predicted molar refractivity (Wildman–Crippen MR) is 132 cm³/mol. The highest BCUT2D eigenvalue weighted by Crippen LogP contribution is 2.19. The van der Waals surface area contributed by atoms with Crippen molar-refractivity contribution >= 4 is 17.5 Å². The summed E-state index contributed by atoms with van der Waals surface area (Å²) in [6, 6.07) is 2.38. The Bertz CT molecular complexity index is 907. The number of amides is 2. The van der Waals surface area contributed by atoms with E-state index in [-0.39, 0.29) is 31.0 Å². The van der Waals surface area contributed by atoms with Crippen LogP contribution in [0.1, 0.15) is 62.6 Å². The van der Waals surface area contributed by atoms with Crippen LogP contribution in [0.25, 0.3) is 0 Å². The Morgan fingerprint density at radius 1 is 1.29 bits per heavy atom. The van der Waals surface area contributed by atoms with Crippen LogP contribution >= 0.6 is 0 Å². The highest BCUT2D eigenvalue weighted by Gasteiger charge is 2.39. The van der Waals surface area contributed by atoms with Crippen molar-refractivity contribution < 1.29 is 18.8 Å². The Morgan fingerprint density at radius 3 is 2.71 bits per heavy atom. The Balaban J connectivity index is 2.16. The average Bonchev–Trinajstić information content (AvgIpc) is 3.26. The first kappa shape index (κ1) is 27.3. The number of hydrogen-bond donors (Lipinski definition) is 1. The SMILES string of the molecule is C=CCON=C1C[C@@H](C(=O)NCCN(CC)CC)N(C(=O)c2ccc(CCCCC)oc2=O)C1. The first-order chi connectivity index (χ1) is 16.4. The molecule has 2 rings (SSSR count). The van der Waals surface area contributed by atoms with Crippen LogP contribution in [-0.2, 0) is 16.1 Å². The van der Waals surface area contributed by atoms with Crippen molar-refractivity contribution in [1.82, 2.24) is 15.1 Å². The summed E-state index contributed by atoms with van der Waals surface area (Å²) < 4.78 is 5.38. The van der Waals surface area contributed by atoms with E-state index in [1.807, 2.05) is 0 Å². The minimum Gasteiger partial charge on any atom is -0.427 e. The van der Waals surface area contributed by atoms with E-state index >= 15 is 0 Å². The van der Waals surface area contributed by atoms with E-state index in [1.165, 1.54) is 11.0 Å². The summed E-state index contributed by atoms with van der Waals surface area (Å²) in [5.74, 6) is -0.274. The number of nitrogens with zero attached hydrogens (tertiary/aromatic N) is 3. The molecule has 0 aliphatic carbocycles. The maximum atomic E-state index is 13.3. The monoisotopic (exact) mass is 474 g/mol. The smallest absolute Gasteiger partial charge is 0.348 e. The zero-order chi connectivity index (χ0) is 24.9. The normalized spacial score (nSPS) is 16.8. The van der Waals surface area contributed by atoms with Gasteiger partial charge in [-0.05, 0) is 31.6 Å². The number of carbonyl (C=O) groups excluding carboxylic acids is 2. The van der Waals surface area contributed by atoms with Gasteiger partial charge in [0.05, 0.1) is 12.3 Å². The molecule has 1 aliphatic rings. The molecular formula is C25H38N4O5. The molecule has 2 amide bonds. The molecule has 1 aromatic heterocycles. The standard InChI is InChI=1S/C25H38N4O5/c1-5-9-10-11-20-12-13-21(25(32)34-20)24(31)29-18-19(27-33-16-6-2)17-22(29)23(30)26-14-15-28(7-3)8-4/h6,12-13,22H,2,5,7-11,14-18H2,1,3-4H3,(H,26,30)/t22-/m0/s1. The molecule has 0 aromatic carbocycles. The van der Waals surface area contributed by atoms with Gasteiger partial charge in [-0.15, -0.1) is 0 Å². The first-order valence-electron chi connectivity index (χ1n) is 12.2. The lowest BCUT2D eigenvalue weighted by atomic mass is 10.1. The lowest BCUT2D eigenvalue weighted by Crippen LogP contribution is -2.48. The van der Waals surface area contributed by atoms with Crippen LogP contribution in [0.3, 0.4) is 0 Å². The van der Waals surface area contributed by atoms with Crippen molar-refractivity contribution in [2.75, 3.05) is 39.3 Å². The third kappa shape index (κ3) is 7.83. The topological polar surface area (TPSA) is 104 Å². The fraction of sp³-hybridized carbons (Fsp3) is 0.600. The van der Waals surface area contributed by atoms with E-state index in [1.54, 1.807) is 12.1 Å². The lowest BCUT2D eigenvalue weighted by Gasteiger charge is -2.24. The van der Waals surface area contributed by atoms with Gasteiger partial charge in [0.2, 0.25) is 5.91 Å². The molecule has 1 aromatic rings. The Hall–Kier alpha value is -2.94. The molecule has 0 radical (unpaired) electrons. The summed E-state index contributed by atoms with van der Waals surface area (Å²) >= 11 is 0. The van der Waals surface area contributed by atoms with Crippen LogP contribution in [0.4, 0.5) is 0 Å². The van der Waals surface area contributed by atoms with E-state index in [4.69, 9.17) is 9.25 Å². The number of rotatable bonds is 14. The molecule has 9 heteroatoms. The molecule has 9 nitrogen and oxygen atoms in total. The van der Waals surface area contributed by atoms with E-state index in [0.29, 0.717) is 31.0 Å². The molecule has 188 valence electrons. The molecule has 1 aliphatic heterocycles. The van der Waals surface area contributed by atoms with Crippen LogP contribution in [-0.4, -0.2) is 72.7 Å². The Kier molecular flexibility index (Phi) is 11.5. The van der Waals surface area contributed by atoms with Gasteiger partial charge < -0.3 is 24.4 Å². The van der Waals surface area contributed by atoms with E-state index in [9.17, 15) is 14.4 Å². The van der Waals surface area contributed by atoms with Gasteiger partial charge in [0, 0.05) is 25.9 Å². The highest BCUT2D eigenvalue weighted by atomic mass is 16.6. The van der Waals surface area contributed by atoms with Gasteiger partial charge in [-0.2, -0.15) is 0 Å². The predicted octanol–water partition coefficient (Wildman–Crippen LogP) is 2.60. The van der Waals surface area contributed by atoms with Gasteiger partial charge >= 0.3 is 5.63 Å². The van der Waals surface area contributed by atoms with Crippen LogP contribution in [0, 0.1) is 0 Å². The summed E-state index contributed by atoms with van der Waals surface area (Å²) in [5.41, 5.74) is -0.221. The first-order valence-corrected chi connectivity index (χ1v) is 12.2. The summed E-state index contributed by atoms with van der Waals surface area (Å²) in [6.45, 7) is 13.1. The van der Waals surface area contributed by atoms with Crippen molar-refractivity contribution in [3.05, 3.63) is 46.5 Å². The van der Waals surface area contributed by atoms with Crippen LogP contribution < -0.4 is 10.9 Å². The van der Waals surface area contributed by atoms with Crippen LogP contribution in [0.5, 0.6) is 0 Å². The third-order valence-corrected chi connectivity index (χ3v) is 5.87. The second-order valence-corrected chi connectivity index (χ2v) is 8.27. The second kappa shape index (κ2) is 14.3. The minimum atomic E-state index is -0.779. The largest absolute Gasteiger partial charge is 0.427 e. The van der Waals surface area contributed by atoms with Crippen molar-refractivity contribution in [1.29, 1.82) is 0 Å². The molecule has 1 atom stereocenters. The Morgan fingerprint density at radius 2 is 2.06 bits per heavy atom. The molecule has 0 bridgehead atoms. The second-order valence-electron chi connectivity index (χ2n) is 8.27. The number of carbonyl (C=O) groups is 2. The number of hydrogen-bond acceptors (Lipinski definition) is 7. The summed E-state index contributed by atoms with van der Waals surface area (Å²) in [5, 5.41) is 6.96. The fourth-order valence-corrected chi connectivity index (χ4v) is 3.84. The number of likely N-dealkylation sites (N-methyl/N-ethyl adjacent to an activating group) is 1. The third-order valence-electron chi connectivity index (χ3n) is 5.87. The molecule has 2 heterocycles. The zero-order valence-corrected chi connectivity index (χ0v) is 20.7. The highest BCUT2D eigenvalue weighted by molar-refractivity contribution is 6.05. The fourth-order valence-electron chi connectivity index (χ4n) is 3.84. The minimum absolute atomic E-state index is 0.0894. The molecule has 1 N–H and O–H groups in total. The number of unbranched alkanes of at least 4 members (excludes halogenated alkanes) is 2. The van der Waals surface area contributed by atoms with E-state index in [2.05, 4.69) is 42.7 Å². The maximum absolute atomic E-state index is 13.3. The van der Waals surface area contributed by atoms with Crippen molar-refractivity contribution in [2.45, 2.75) is 58.9 Å². The van der Waals surface area contributed by atoms with Crippen LogP contribution in [0.2, 0.25) is 0 Å². The lowest BCUT2D eigenvalue weighted by molar-refractivity contribution is -0.124. The molecule has 1 saturated heterocycles. The summed E-state index contributed by atoms with van der Waals surface area (Å²) in [4.78, 5) is 47.5. The van der Waals surface area contributed by atoms with E-state index in [0.717, 1.165) is 32.4 Å². The molecular weight excluding hydrogens is 436 g/mol. The number of oxime groups is 1. The van der Waals surface area contributed by atoms with Crippen LogP contribution in [0.15, 0.2) is 39.2 Å². The molecule has 0 saturated carbocycles. The molecule has 0 spiro atoms. The molecule has 34 heavy (non-hydrogen) atoms. The average molecular weight is 475 g/mol. The van der Waals surface area contributed by atoms with Gasteiger partial charge in [0.25, 0.3) is 5.91 Å². The van der Waals surface area contributed by atoms with Gasteiger partial charge in [0.1, 0.15) is 24.0 Å². The van der Waals surface area contributed by atoms with Gasteiger partial charge in [-0.1, -0.05) is 51.4 Å². The van der Waals surface area contributed by atoms with Crippen molar-refractivity contribution in [2.24, 2.45) is 5.16 Å². The van der Waals surface area contributed by atoms with Gasteiger partial charge in [0.15, 0.2) is 0 Å². The van der Waals surface area contributed by atoms with Crippen molar-refractivity contribution in [3.63, 3.8) is 0 Å². The maximum Gasteiger partial charge on any atom is 0.348 e. The Labute approximate surface area is 201 Å². The summed E-state index contributed by atoms with van der Waals surface area (Å²) in [7, 11) is 0. The quantitative estimate of drug-likeness (QED) is 0.253. The van der Waals surface area contributed by atoms with E-state index < -0.39 is 17.6 Å².